The summed E-state index contributed by atoms with van der Waals surface area (Å²) in [6.07, 6.45) is 1.34. The van der Waals surface area contributed by atoms with Gasteiger partial charge in [0.1, 0.15) is 4.90 Å². The molecule has 3 rings (SSSR count). The van der Waals surface area contributed by atoms with Crippen LogP contribution in [0.3, 0.4) is 0 Å². The summed E-state index contributed by atoms with van der Waals surface area (Å²) in [5, 5.41) is 0.158. The number of carbonyl (C=O) groups is 1. The first-order valence-corrected chi connectivity index (χ1v) is 9.01. The van der Waals surface area contributed by atoms with E-state index in [1.165, 1.54) is 12.1 Å². The third-order valence-corrected chi connectivity index (χ3v) is 5.49. The maximum atomic E-state index is 12.4. The van der Waals surface area contributed by atoms with Crippen molar-refractivity contribution in [2.24, 2.45) is 0 Å². The molecule has 0 unspecified atom stereocenters. The van der Waals surface area contributed by atoms with Crippen LogP contribution >= 0.6 is 11.6 Å². The minimum absolute atomic E-state index is 0.0179. The average molecular weight is 351 g/mol. The van der Waals surface area contributed by atoms with Gasteiger partial charge in [-0.15, -0.1) is 0 Å². The molecule has 23 heavy (non-hydrogen) atoms. The lowest BCUT2D eigenvalue weighted by atomic mass is 10.2. The lowest BCUT2D eigenvalue weighted by molar-refractivity contribution is -0.117. The Kier molecular flexibility index (Phi) is 4.28. The number of anilines is 2. The molecule has 1 saturated heterocycles. The topological polar surface area (TPSA) is 66.5 Å². The van der Waals surface area contributed by atoms with Crippen LogP contribution in [0.25, 0.3) is 0 Å². The van der Waals surface area contributed by atoms with E-state index in [4.69, 9.17) is 11.6 Å². The van der Waals surface area contributed by atoms with Crippen LogP contribution in [0.1, 0.15) is 12.8 Å². The molecule has 1 aliphatic heterocycles. The molecule has 0 saturated carbocycles. The SMILES string of the molecule is O=C1CCCN1c1cccc(NS(=O)(=O)c2ccccc2Cl)c1. The highest BCUT2D eigenvalue weighted by molar-refractivity contribution is 7.92. The molecule has 1 fully saturated rings. The van der Waals surface area contributed by atoms with E-state index in [9.17, 15) is 13.2 Å². The standard InChI is InChI=1S/C16H15ClN2O3S/c17-14-7-1-2-8-15(14)23(21,22)18-12-5-3-6-13(11-12)19-10-4-9-16(19)20/h1-3,5-8,11,18H,4,9-10H2. The highest BCUT2D eigenvalue weighted by Crippen LogP contribution is 2.27. The third-order valence-electron chi connectivity index (χ3n) is 3.61. The Morgan fingerprint density at radius 2 is 1.87 bits per heavy atom. The van der Waals surface area contributed by atoms with Crippen molar-refractivity contribution in [2.75, 3.05) is 16.2 Å². The second-order valence-corrected chi connectivity index (χ2v) is 7.29. The van der Waals surface area contributed by atoms with Gasteiger partial charge < -0.3 is 4.90 Å². The molecule has 2 aromatic carbocycles. The van der Waals surface area contributed by atoms with Crippen molar-refractivity contribution in [1.82, 2.24) is 0 Å². The first kappa shape index (κ1) is 15.8. The van der Waals surface area contributed by atoms with Crippen LogP contribution in [0.15, 0.2) is 53.4 Å². The maximum Gasteiger partial charge on any atom is 0.263 e. The molecule has 0 spiro atoms. The van der Waals surface area contributed by atoms with Gasteiger partial charge in [-0.05, 0) is 36.8 Å². The van der Waals surface area contributed by atoms with E-state index in [0.29, 0.717) is 24.3 Å². The quantitative estimate of drug-likeness (QED) is 0.920. The van der Waals surface area contributed by atoms with E-state index >= 15 is 0 Å². The van der Waals surface area contributed by atoms with E-state index < -0.39 is 10.0 Å². The van der Waals surface area contributed by atoms with E-state index in [2.05, 4.69) is 4.72 Å². The Hall–Kier alpha value is -2.05. The van der Waals surface area contributed by atoms with Gasteiger partial charge in [0.15, 0.2) is 0 Å². The molecule has 5 nitrogen and oxygen atoms in total. The molecule has 2 aromatic rings. The molecule has 1 heterocycles. The molecule has 1 amide bonds. The maximum absolute atomic E-state index is 12.4. The molecule has 0 bridgehead atoms. The number of hydrogen-bond donors (Lipinski definition) is 1. The number of nitrogens with zero attached hydrogens (tertiary/aromatic N) is 1. The largest absolute Gasteiger partial charge is 0.312 e. The van der Waals surface area contributed by atoms with Crippen LogP contribution in [0.4, 0.5) is 11.4 Å². The third kappa shape index (κ3) is 3.33. The summed E-state index contributed by atoms with van der Waals surface area (Å²) in [6.45, 7) is 0.652. The smallest absolute Gasteiger partial charge is 0.263 e. The molecule has 7 heteroatoms. The second kappa shape index (κ2) is 6.22. The molecule has 1 N–H and O–H groups in total. The predicted molar refractivity (Wildman–Crippen MR) is 90.3 cm³/mol. The Labute approximate surface area is 139 Å². The minimum Gasteiger partial charge on any atom is -0.312 e. The summed E-state index contributed by atoms with van der Waals surface area (Å²) in [4.78, 5) is 13.5. The summed E-state index contributed by atoms with van der Waals surface area (Å²) < 4.78 is 27.4. The second-order valence-electron chi connectivity index (χ2n) is 5.24. The van der Waals surface area contributed by atoms with E-state index in [1.54, 1.807) is 41.3 Å². The molecule has 0 aromatic heterocycles. The van der Waals surface area contributed by atoms with Crippen molar-refractivity contribution < 1.29 is 13.2 Å². The van der Waals surface area contributed by atoms with Crippen molar-refractivity contribution >= 4 is 38.9 Å². The lowest BCUT2D eigenvalue weighted by Crippen LogP contribution is -2.23. The van der Waals surface area contributed by atoms with Crippen molar-refractivity contribution in [3.8, 4) is 0 Å². The number of rotatable bonds is 4. The zero-order valence-electron chi connectivity index (χ0n) is 12.2. The number of halogens is 1. The first-order chi connectivity index (χ1) is 11.0. The van der Waals surface area contributed by atoms with Crippen molar-refractivity contribution in [3.63, 3.8) is 0 Å². The molecular formula is C16H15ClN2O3S. The van der Waals surface area contributed by atoms with Crippen molar-refractivity contribution in [1.29, 1.82) is 0 Å². The normalized spacial score (nSPS) is 15.0. The molecule has 0 aliphatic carbocycles. The van der Waals surface area contributed by atoms with Gasteiger partial charge in [-0.1, -0.05) is 29.8 Å². The van der Waals surface area contributed by atoms with Crippen molar-refractivity contribution in [2.45, 2.75) is 17.7 Å². The lowest BCUT2D eigenvalue weighted by Gasteiger charge is -2.17. The summed E-state index contributed by atoms with van der Waals surface area (Å²) in [5.41, 5.74) is 1.08. The van der Waals surface area contributed by atoms with Crippen LogP contribution in [0.5, 0.6) is 0 Å². The fourth-order valence-corrected chi connectivity index (χ4v) is 4.10. The zero-order chi connectivity index (χ0) is 16.4. The minimum atomic E-state index is -3.78. The van der Waals surface area contributed by atoms with Gasteiger partial charge >= 0.3 is 0 Å². The molecule has 120 valence electrons. The van der Waals surface area contributed by atoms with Gasteiger partial charge in [-0.3, -0.25) is 9.52 Å². The van der Waals surface area contributed by atoms with Crippen LogP contribution < -0.4 is 9.62 Å². The summed E-state index contributed by atoms with van der Waals surface area (Å²) in [7, 11) is -3.78. The molecular weight excluding hydrogens is 336 g/mol. The Balaban J connectivity index is 1.89. The van der Waals surface area contributed by atoms with E-state index in [-0.39, 0.29) is 15.8 Å². The highest BCUT2D eigenvalue weighted by Gasteiger charge is 2.22. The number of carbonyl (C=O) groups excluding carboxylic acids is 1. The van der Waals surface area contributed by atoms with Crippen LogP contribution in [0.2, 0.25) is 5.02 Å². The number of sulfonamides is 1. The average Bonchev–Trinajstić information content (AvgIpc) is 2.93. The molecule has 0 radical (unpaired) electrons. The van der Waals surface area contributed by atoms with E-state index in [1.807, 2.05) is 0 Å². The highest BCUT2D eigenvalue weighted by atomic mass is 35.5. The van der Waals surface area contributed by atoms with E-state index in [0.717, 1.165) is 6.42 Å². The Morgan fingerprint density at radius 1 is 1.09 bits per heavy atom. The van der Waals surface area contributed by atoms with Gasteiger partial charge in [0.2, 0.25) is 5.91 Å². The van der Waals surface area contributed by atoms with Crippen LogP contribution in [-0.4, -0.2) is 20.9 Å². The fraction of sp³-hybridized carbons (Fsp3) is 0.188. The number of nitrogens with one attached hydrogen (secondary N) is 1. The monoisotopic (exact) mass is 350 g/mol. The molecule has 1 aliphatic rings. The number of hydrogen-bond acceptors (Lipinski definition) is 3. The predicted octanol–water partition coefficient (Wildman–Crippen LogP) is 3.27. The summed E-state index contributed by atoms with van der Waals surface area (Å²) in [6, 6.07) is 13.0. The fourth-order valence-electron chi connectivity index (χ4n) is 2.53. The first-order valence-electron chi connectivity index (χ1n) is 7.15. The number of benzene rings is 2. The Bertz CT molecular complexity index is 852. The zero-order valence-corrected chi connectivity index (χ0v) is 13.8. The summed E-state index contributed by atoms with van der Waals surface area (Å²) >= 11 is 5.96. The van der Waals surface area contributed by atoms with Crippen molar-refractivity contribution in [3.05, 3.63) is 53.6 Å². The van der Waals surface area contributed by atoms with Crippen LogP contribution in [0, 0.1) is 0 Å². The van der Waals surface area contributed by atoms with Gasteiger partial charge in [0.25, 0.3) is 10.0 Å². The Morgan fingerprint density at radius 3 is 2.57 bits per heavy atom. The van der Waals surface area contributed by atoms with Crippen LogP contribution in [-0.2, 0) is 14.8 Å². The van der Waals surface area contributed by atoms with Gasteiger partial charge in [0.05, 0.1) is 10.7 Å². The van der Waals surface area contributed by atoms with Gasteiger partial charge in [-0.25, -0.2) is 8.42 Å². The van der Waals surface area contributed by atoms with Gasteiger partial charge in [0, 0.05) is 18.7 Å². The molecule has 0 atom stereocenters. The van der Waals surface area contributed by atoms with Gasteiger partial charge in [-0.2, -0.15) is 0 Å². The number of amides is 1. The summed E-state index contributed by atoms with van der Waals surface area (Å²) in [5.74, 6) is 0.0520.